The molecule has 13 heteroatoms. The summed E-state index contributed by atoms with van der Waals surface area (Å²) in [4.78, 5) is 52.1. The third-order valence-corrected chi connectivity index (χ3v) is 8.30. The van der Waals surface area contributed by atoms with E-state index in [9.17, 15) is 19.5 Å². The summed E-state index contributed by atoms with van der Waals surface area (Å²) in [5, 5.41) is 13.6. The molecule has 0 saturated carbocycles. The second-order valence-electron chi connectivity index (χ2n) is 9.15. The van der Waals surface area contributed by atoms with Crippen LogP contribution in [0.5, 0.6) is 0 Å². The number of methoxy groups -OCH3 is 1. The number of carboxylic acids is 1. The van der Waals surface area contributed by atoms with Gasteiger partial charge in [0.05, 0.1) is 12.1 Å². The van der Waals surface area contributed by atoms with Crippen molar-refractivity contribution in [3.8, 4) is 0 Å². The molecule has 0 aliphatic carbocycles. The lowest BCUT2D eigenvalue weighted by atomic mass is 10.0. The molecule has 0 aromatic carbocycles. The molecule has 0 spiro atoms. The fourth-order valence-corrected chi connectivity index (χ4v) is 5.79. The van der Waals surface area contributed by atoms with Crippen molar-refractivity contribution < 1.29 is 24.2 Å². The third-order valence-electron chi connectivity index (χ3n) is 6.85. The van der Waals surface area contributed by atoms with E-state index in [2.05, 4.69) is 20.2 Å². The molecule has 2 atom stereocenters. The Hall–Kier alpha value is -2.54. The molecule has 11 nitrogen and oxygen atoms in total. The standard InChI is InChI=1S/C23H31ClN6O5S/c1-4-13-11-15(25-19(13)24)20(31)26-14-5-6-30(12-16(14)35-3)23-27-17(18(36-23)22(33)34)21(32)29-9-7-28(2)8-10-29/h14,16H,4-12H2,1-3H3,(H,26,31)(H,33,34)/t14-,16+/m1/s1. The van der Waals surface area contributed by atoms with Gasteiger partial charge in [0.15, 0.2) is 10.8 Å². The van der Waals surface area contributed by atoms with Gasteiger partial charge in [0.25, 0.3) is 11.8 Å². The minimum atomic E-state index is -1.17. The minimum Gasteiger partial charge on any atom is -0.477 e. The van der Waals surface area contributed by atoms with E-state index in [0.717, 1.165) is 36.4 Å². The van der Waals surface area contributed by atoms with Crippen molar-refractivity contribution in [1.82, 2.24) is 20.1 Å². The maximum Gasteiger partial charge on any atom is 0.348 e. The lowest BCUT2D eigenvalue weighted by molar-refractivity contribution is -0.116. The Morgan fingerprint density at radius 3 is 2.56 bits per heavy atom. The van der Waals surface area contributed by atoms with Gasteiger partial charge in [0.2, 0.25) is 0 Å². The molecule has 3 aliphatic heterocycles. The summed E-state index contributed by atoms with van der Waals surface area (Å²) in [6.07, 6.45) is 1.39. The largest absolute Gasteiger partial charge is 0.477 e. The topological polar surface area (TPSA) is 128 Å². The first-order valence-corrected chi connectivity index (χ1v) is 13.2. The molecule has 0 bridgehead atoms. The molecule has 2 saturated heterocycles. The van der Waals surface area contributed by atoms with Crippen molar-refractivity contribution in [2.45, 2.75) is 38.3 Å². The molecule has 36 heavy (non-hydrogen) atoms. The highest BCUT2D eigenvalue weighted by molar-refractivity contribution is 7.17. The average molecular weight is 539 g/mol. The van der Waals surface area contributed by atoms with E-state index < -0.39 is 5.97 Å². The number of anilines is 1. The number of hydrogen-bond acceptors (Lipinski definition) is 9. The molecular weight excluding hydrogens is 508 g/mol. The molecule has 0 radical (unpaired) electrons. The smallest absolute Gasteiger partial charge is 0.348 e. The summed E-state index contributed by atoms with van der Waals surface area (Å²) in [7, 11) is 3.56. The van der Waals surface area contributed by atoms with Gasteiger partial charge in [-0.2, -0.15) is 0 Å². The van der Waals surface area contributed by atoms with Crippen LogP contribution in [0.2, 0.25) is 0 Å². The Morgan fingerprint density at radius 2 is 1.94 bits per heavy atom. The summed E-state index contributed by atoms with van der Waals surface area (Å²) in [6, 6.07) is -0.253. The molecule has 0 unspecified atom stereocenters. The first-order chi connectivity index (χ1) is 17.2. The van der Waals surface area contributed by atoms with Crippen molar-refractivity contribution in [3.05, 3.63) is 21.3 Å². The third kappa shape index (κ3) is 5.56. The normalized spacial score (nSPS) is 23.2. The van der Waals surface area contributed by atoms with E-state index >= 15 is 0 Å². The highest BCUT2D eigenvalue weighted by Crippen LogP contribution is 2.31. The minimum absolute atomic E-state index is 0.0215. The van der Waals surface area contributed by atoms with Gasteiger partial charge in [0, 0.05) is 52.8 Å². The Morgan fingerprint density at radius 1 is 1.22 bits per heavy atom. The SMILES string of the molecule is CCC1=C(Cl)N=C(C(=O)N[C@@H]2CCN(c3nc(C(=O)N4CCN(C)CC4)c(C(=O)O)s3)C[C@@H]2OC)C1. The average Bonchev–Trinajstić information content (AvgIpc) is 3.48. The Kier molecular flexibility index (Phi) is 8.28. The van der Waals surface area contributed by atoms with Crippen molar-refractivity contribution in [2.75, 3.05) is 58.3 Å². The van der Waals surface area contributed by atoms with E-state index in [-0.39, 0.29) is 34.5 Å². The van der Waals surface area contributed by atoms with Crippen LogP contribution in [0.25, 0.3) is 0 Å². The summed E-state index contributed by atoms with van der Waals surface area (Å²) < 4.78 is 5.67. The number of piperazine rings is 1. The van der Waals surface area contributed by atoms with Crippen molar-refractivity contribution in [3.63, 3.8) is 0 Å². The number of thiazole rings is 1. The predicted octanol–water partition coefficient (Wildman–Crippen LogP) is 1.64. The van der Waals surface area contributed by atoms with Crippen LogP contribution >= 0.6 is 22.9 Å². The van der Waals surface area contributed by atoms with Gasteiger partial charge in [-0.25, -0.2) is 14.8 Å². The van der Waals surface area contributed by atoms with Gasteiger partial charge in [-0.05, 0) is 25.5 Å². The van der Waals surface area contributed by atoms with Gasteiger partial charge in [-0.3, -0.25) is 9.59 Å². The molecule has 1 aromatic heterocycles. The van der Waals surface area contributed by atoms with E-state index in [0.29, 0.717) is 55.0 Å². The van der Waals surface area contributed by atoms with E-state index in [4.69, 9.17) is 16.3 Å². The molecule has 4 rings (SSSR count). The quantitative estimate of drug-likeness (QED) is 0.502. The number of likely N-dealkylation sites (N-methyl/N-ethyl adjacent to an activating group) is 1. The number of aromatic carboxylic acids is 1. The lowest BCUT2D eigenvalue weighted by Crippen LogP contribution is -2.56. The summed E-state index contributed by atoms with van der Waals surface area (Å²) in [5.74, 6) is -1.79. The van der Waals surface area contributed by atoms with Crippen LogP contribution < -0.4 is 10.2 Å². The number of piperidine rings is 1. The van der Waals surface area contributed by atoms with Gasteiger partial charge in [-0.15, -0.1) is 0 Å². The highest BCUT2D eigenvalue weighted by Gasteiger charge is 2.35. The zero-order chi connectivity index (χ0) is 26.0. The highest BCUT2D eigenvalue weighted by atomic mass is 35.5. The molecule has 2 amide bonds. The van der Waals surface area contributed by atoms with Gasteiger partial charge < -0.3 is 29.9 Å². The number of rotatable bonds is 7. The van der Waals surface area contributed by atoms with Crippen LogP contribution in [0.4, 0.5) is 5.13 Å². The number of nitrogens with one attached hydrogen (secondary N) is 1. The predicted molar refractivity (Wildman–Crippen MR) is 137 cm³/mol. The van der Waals surface area contributed by atoms with Gasteiger partial charge in [-0.1, -0.05) is 29.9 Å². The van der Waals surface area contributed by atoms with Crippen molar-refractivity contribution in [1.29, 1.82) is 0 Å². The second kappa shape index (κ2) is 11.2. The number of nitrogens with zero attached hydrogens (tertiary/aromatic N) is 5. The number of aromatic nitrogens is 1. The zero-order valence-electron chi connectivity index (χ0n) is 20.6. The molecule has 196 valence electrons. The number of carbonyl (C=O) groups is 3. The molecule has 3 aliphatic rings. The number of allylic oxidation sites excluding steroid dienone is 1. The summed E-state index contributed by atoms with van der Waals surface area (Å²) >= 11 is 7.12. The fraction of sp³-hybridized carbons (Fsp3) is 0.609. The number of aliphatic imine (C=N–C) groups is 1. The number of halogens is 1. The van der Waals surface area contributed by atoms with Crippen LogP contribution in [-0.4, -0.2) is 109 Å². The number of hydrogen-bond donors (Lipinski definition) is 2. The molecule has 4 heterocycles. The summed E-state index contributed by atoms with van der Waals surface area (Å²) in [5.41, 5.74) is 1.32. The number of ether oxygens (including phenoxy) is 1. The maximum absolute atomic E-state index is 13.1. The molecule has 1 aromatic rings. The Bertz CT molecular complexity index is 1100. The number of carboxylic acid groups (broad SMARTS) is 1. The van der Waals surface area contributed by atoms with Crippen molar-refractivity contribution in [2.24, 2.45) is 4.99 Å². The Labute approximate surface area is 218 Å². The van der Waals surface area contributed by atoms with Crippen LogP contribution in [0.15, 0.2) is 15.7 Å². The van der Waals surface area contributed by atoms with Crippen LogP contribution in [-0.2, 0) is 9.53 Å². The first kappa shape index (κ1) is 26.5. The van der Waals surface area contributed by atoms with E-state index in [1.54, 1.807) is 12.0 Å². The number of carbonyl (C=O) groups excluding carboxylic acids is 2. The van der Waals surface area contributed by atoms with Gasteiger partial charge >= 0.3 is 5.97 Å². The lowest BCUT2D eigenvalue weighted by Gasteiger charge is -2.38. The van der Waals surface area contributed by atoms with Crippen LogP contribution in [0, 0.1) is 0 Å². The van der Waals surface area contributed by atoms with Gasteiger partial charge in [0.1, 0.15) is 15.7 Å². The zero-order valence-corrected chi connectivity index (χ0v) is 22.2. The van der Waals surface area contributed by atoms with Crippen molar-refractivity contribution >= 4 is 51.6 Å². The van der Waals surface area contributed by atoms with E-state index in [1.165, 1.54) is 0 Å². The monoisotopic (exact) mass is 538 g/mol. The molecule has 2 N–H and O–H groups in total. The second-order valence-corrected chi connectivity index (χ2v) is 10.5. The fourth-order valence-electron chi connectivity index (χ4n) is 4.55. The first-order valence-electron chi connectivity index (χ1n) is 12.0. The van der Waals surface area contributed by atoms with Crippen LogP contribution in [0.3, 0.4) is 0 Å². The van der Waals surface area contributed by atoms with E-state index in [1.807, 2.05) is 18.9 Å². The summed E-state index contributed by atoms with van der Waals surface area (Å²) in [6.45, 7) is 5.41. The molecule has 2 fully saturated rings. The van der Waals surface area contributed by atoms with Crippen LogP contribution in [0.1, 0.15) is 46.3 Å². The maximum atomic E-state index is 13.1. The molecular formula is C23H31ClN6O5S. The number of amides is 2. The Balaban J connectivity index is 1.44.